The number of aliphatic hydroxyl groups is 1. The van der Waals surface area contributed by atoms with Crippen molar-refractivity contribution < 1.29 is 5.11 Å². The fourth-order valence-electron chi connectivity index (χ4n) is 3.04. The number of fused-ring (bicyclic) bond motifs is 1. The van der Waals surface area contributed by atoms with Crippen molar-refractivity contribution in [3.05, 3.63) is 70.2 Å². The van der Waals surface area contributed by atoms with Gasteiger partial charge in [-0.25, -0.2) is 0 Å². The summed E-state index contributed by atoms with van der Waals surface area (Å²) in [7, 11) is 0. The van der Waals surface area contributed by atoms with Crippen LogP contribution >= 0.6 is 11.6 Å². The Morgan fingerprint density at radius 1 is 1.11 bits per heavy atom. The first-order valence-corrected chi connectivity index (χ1v) is 7.01. The van der Waals surface area contributed by atoms with Crippen molar-refractivity contribution in [3.8, 4) is 0 Å². The van der Waals surface area contributed by atoms with Crippen LogP contribution in [0, 0.1) is 0 Å². The SMILES string of the molecule is C[C@@]1(c2ccc(Cl)cc2)CCc2ccccc2[C@H]1O. The van der Waals surface area contributed by atoms with Crippen LogP contribution in [0.25, 0.3) is 0 Å². The van der Waals surface area contributed by atoms with Gasteiger partial charge in [-0.2, -0.15) is 0 Å². The van der Waals surface area contributed by atoms with Crippen LogP contribution in [-0.4, -0.2) is 5.11 Å². The predicted molar refractivity (Wildman–Crippen MR) is 78.5 cm³/mol. The largest absolute Gasteiger partial charge is 0.387 e. The van der Waals surface area contributed by atoms with Gasteiger partial charge in [0, 0.05) is 10.4 Å². The highest BCUT2D eigenvalue weighted by Gasteiger charge is 2.39. The first-order chi connectivity index (χ1) is 9.11. The zero-order valence-corrected chi connectivity index (χ0v) is 11.7. The summed E-state index contributed by atoms with van der Waals surface area (Å²) in [6.45, 7) is 2.14. The average Bonchev–Trinajstić information content (AvgIpc) is 2.44. The van der Waals surface area contributed by atoms with Crippen LogP contribution in [0.2, 0.25) is 5.02 Å². The van der Waals surface area contributed by atoms with E-state index in [0.29, 0.717) is 0 Å². The third-order valence-electron chi connectivity index (χ3n) is 4.37. The minimum absolute atomic E-state index is 0.237. The van der Waals surface area contributed by atoms with E-state index in [1.807, 2.05) is 42.5 Å². The van der Waals surface area contributed by atoms with Crippen molar-refractivity contribution in [1.29, 1.82) is 0 Å². The molecule has 19 heavy (non-hydrogen) atoms. The van der Waals surface area contributed by atoms with E-state index in [0.717, 1.165) is 29.0 Å². The van der Waals surface area contributed by atoms with Crippen molar-refractivity contribution in [2.24, 2.45) is 0 Å². The van der Waals surface area contributed by atoms with Gasteiger partial charge in [0.2, 0.25) is 0 Å². The number of rotatable bonds is 1. The Labute approximate surface area is 118 Å². The second kappa shape index (κ2) is 4.66. The summed E-state index contributed by atoms with van der Waals surface area (Å²) >= 11 is 5.95. The van der Waals surface area contributed by atoms with Gasteiger partial charge < -0.3 is 5.11 Å². The van der Waals surface area contributed by atoms with E-state index in [1.54, 1.807) is 0 Å². The molecule has 98 valence electrons. The third kappa shape index (κ3) is 2.07. The summed E-state index contributed by atoms with van der Waals surface area (Å²) in [6.07, 6.45) is 1.50. The van der Waals surface area contributed by atoms with Crippen LogP contribution in [0.4, 0.5) is 0 Å². The van der Waals surface area contributed by atoms with Crippen LogP contribution in [0.1, 0.15) is 36.1 Å². The molecule has 0 saturated carbocycles. The van der Waals surface area contributed by atoms with Gasteiger partial charge in [-0.1, -0.05) is 54.9 Å². The molecule has 1 aliphatic rings. The highest BCUT2D eigenvalue weighted by atomic mass is 35.5. The number of aryl methyl sites for hydroxylation is 1. The molecule has 0 amide bonds. The molecule has 1 N–H and O–H groups in total. The first-order valence-electron chi connectivity index (χ1n) is 6.63. The van der Waals surface area contributed by atoms with Crippen molar-refractivity contribution >= 4 is 11.6 Å². The summed E-state index contributed by atoms with van der Waals surface area (Å²) in [4.78, 5) is 0. The molecule has 0 aromatic heterocycles. The molecule has 0 saturated heterocycles. The number of benzene rings is 2. The lowest BCUT2D eigenvalue weighted by atomic mass is 9.67. The summed E-state index contributed by atoms with van der Waals surface area (Å²) in [5.41, 5.74) is 3.24. The fraction of sp³-hybridized carbons (Fsp3) is 0.294. The van der Waals surface area contributed by atoms with Crippen molar-refractivity contribution in [2.75, 3.05) is 0 Å². The lowest BCUT2D eigenvalue weighted by Crippen LogP contribution is -2.35. The lowest BCUT2D eigenvalue weighted by Gasteiger charge is -2.40. The van der Waals surface area contributed by atoms with Gasteiger partial charge in [0.25, 0.3) is 0 Å². The van der Waals surface area contributed by atoms with Crippen LogP contribution in [0.15, 0.2) is 48.5 Å². The van der Waals surface area contributed by atoms with E-state index >= 15 is 0 Å². The zero-order chi connectivity index (χ0) is 13.5. The van der Waals surface area contributed by atoms with E-state index in [9.17, 15) is 5.11 Å². The summed E-state index contributed by atoms with van der Waals surface area (Å²) in [6, 6.07) is 16.0. The Kier molecular flexibility index (Phi) is 3.12. The Morgan fingerprint density at radius 2 is 1.79 bits per heavy atom. The number of hydrogen-bond acceptors (Lipinski definition) is 1. The molecule has 0 unspecified atom stereocenters. The van der Waals surface area contributed by atoms with Gasteiger partial charge >= 0.3 is 0 Å². The quantitative estimate of drug-likeness (QED) is 0.822. The number of halogens is 1. The fourth-order valence-corrected chi connectivity index (χ4v) is 3.16. The predicted octanol–water partition coefficient (Wildman–Crippen LogP) is 4.28. The van der Waals surface area contributed by atoms with Gasteiger partial charge in [-0.3, -0.25) is 0 Å². The highest BCUT2D eigenvalue weighted by molar-refractivity contribution is 6.30. The smallest absolute Gasteiger partial charge is 0.0886 e. The second-order valence-electron chi connectivity index (χ2n) is 5.53. The highest BCUT2D eigenvalue weighted by Crippen LogP contribution is 2.45. The molecule has 2 aromatic carbocycles. The maximum Gasteiger partial charge on any atom is 0.0886 e. The standard InChI is InChI=1S/C17H17ClO/c1-17(13-6-8-14(18)9-7-13)11-10-12-4-2-3-5-15(12)16(17)19/h2-9,16,19H,10-11H2,1H3/t16-,17+/m1/s1. The average molecular weight is 273 g/mol. The van der Waals surface area contributed by atoms with Gasteiger partial charge in [0.05, 0.1) is 6.10 Å². The Hall–Kier alpha value is -1.31. The molecular formula is C17H17ClO. The van der Waals surface area contributed by atoms with Crippen molar-refractivity contribution in [3.63, 3.8) is 0 Å². The third-order valence-corrected chi connectivity index (χ3v) is 4.62. The van der Waals surface area contributed by atoms with Crippen LogP contribution in [0.5, 0.6) is 0 Å². The second-order valence-corrected chi connectivity index (χ2v) is 5.96. The maximum atomic E-state index is 10.8. The topological polar surface area (TPSA) is 20.2 Å². The molecular weight excluding hydrogens is 256 g/mol. The molecule has 2 aromatic rings. The maximum absolute atomic E-state index is 10.8. The minimum atomic E-state index is -0.460. The molecule has 1 nitrogen and oxygen atoms in total. The zero-order valence-electron chi connectivity index (χ0n) is 10.9. The minimum Gasteiger partial charge on any atom is -0.387 e. The van der Waals surface area contributed by atoms with E-state index in [1.165, 1.54) is 5.56 Å². The Morgan fingerprint density at radius 3 is 2.53 bits per heavy atom. The van der Waals surface area contributed by atoms with Gasteiger partial charge in [-0.15, -0.1) is 0 Å². The normalized spacial score (nSPS) is 25.9. The molecule has 2 heteroatoms. The molecule has 1 aliphatic carbocycles. The van der Waals surface area contributed by atoms with Gasteiger partial charge in [-0.05, 0) is 41.7 Å². The monoisotopic (exact) mass is 272 g/mol. The van der Waals surface area contributed by atoms with Gasteiger partial charge in [0.15, 0.2) is 0 Å². The van der Waals surface area contributed by atoms with E-state index in [4.69, 9.17) is 11.6 Å². The summed E-state index contributed by atoms with van der Waals surface area (Å²) in [5.74, 6) is 0. The Balaban J connectivity index is 2.04. The van der Waals surface area contributed by atoms with Gasteiger partial charge in [0.1, 0.15) is 0 Å². The van der Waals surface area contributed by atoms with Crippen LogP contribution in [-0.2, 0) is 11.8 Å². The number of aliphatic hydroxyl groups excluding tert-OH is 1. The molecule has 0 heterocycles. The van der Waals surface area contributed by atoms with E-state index in [-0.39, 0.29) is 5.41 Å². The van der Waals surface area contributed by atoms with E-state index in [2.05, 4.69) is 13.0 Å². The summed E-state index contributed by atoms with van der Waals surface area (Å²) < 4.78 is 0. The van der Waals surface area contributed by atoms with Crippen LogP contribution in [0.3, 0.4) is 0 Å². The molecule has 3 rings (SSSR count). The molecule has 0 bridgehead atoms. The van der Waals surface area contributed by atoms with Crippen molar-refractivity contribution in [2.45, 2.75) is 31.3 Å². The molecule has 0 radical (unpaired) electrons. The lowest BCUT2D eigenvalue weighted by molar-refractivity contribution is 0.0747. The summed E-state index contributed by atoms with van der Waals surface area (Å²) in [5, 5.41) is 11.5. The van der Waals surface area contributed by atoms with E-state index < -0.39 is 6.10 Å². The van der Waals surface area contributed by atoms with Crippen LogP contribution < -0.4 is 0 Å². The number of hydrogen-bond donors (Lipinski definition) is 1. The van der Waals surface area contributed by atoms with Crippen molar-refractivity contribution in [1.82, 2.24) is 0 Å². The Bertz CT molecular complexity index is 590. The molecule has 0 fully saturated rings. The molecule has 0 spiro atoms. The molecule has 0 aliphatic heterocycles. The first kappa shape index (κ1) is 12.7. The molecule has 2 atom stereocenters.